The van der Waals surface area contributed by atoms with E-state index in [1.165, 1.54) is 6.20 Å². The Hall–Kier alpha value is -1.94. The van der Waals surface area contributed by atoms with Crippen LogP contribution in [0, 0.1) is 0 Å². The van der Waals surface area contributed by atoms with Gasteiger partial charge in [-0.1, -0.05) is 23.7 Å². The molecule has 2 aromatic rings. The van der Waals surface area contributed by atoms with Gasteiger partial charge in [-0.25, -0.2) is 9.97 Å². The number of hydrogen-bond acceptors (Lipinski definition) is 3. The van der Waals surface area contributed by atoms with E-state index in [-0.39, 0.29) is 5.82 Å². The van der Waals surface area contributed by atoms with Crippen LogP contribution in [0.1, 0.15) is 10.6 Å². The van der Waals surface area contributed by atoms with Gasteiger partial charge in [0.1, 0.15) is 0 Å². The van der Waals surface area contributed by atoms with Crippen molar-refractivity contribution in [3.63, 3.8) is 0 Å². The molecule has 0 fully saturated rings. The molecule has 0 atom stereocenters. The highest BCUT2D eigenvalue weighted by molar-refractivity contribution is 6.30. The Labute approximate surface area is 97.1 Å². The average molecular weight is 234 g/mol. The summed E-state index contributed by atoms with van der Waals surface area (Å²) in [6.07, 6.45) is 1.50. The summed E-state index contributed by atoms with van der Waals surface area (Å²) < 4.78 is 0. The quantitative estimate of drug-likeness (QED) is 0.861. The Kier molecular flexibility index (Phi) is 2.83. The fourth-order valence-electron chi connectivity index (χ4n) is 1.26. The molecule has 0 radical (unpaired) electrons. The highest BCUT2D eigenvalue weighted by Crippen LogP contribution is 2.18. The van der Waals surface area contributed by atoms with Gasteiger partial charge in [0.15, 0.2) is 0 Å². The Bertz CT molecular complexity index is 525. The topological polar surface area (TPSA) is 68.9 Å². The van der Waals surface area contributed by atoms with Crippen LogP contribution < -0.4 is 5.73 Å². The molecule has 0 aliphatic carbocycles. The van der Waals surface area contributed by atoms with Crippen LogP contribution in [0.4, 0.5) is 0 Å². The molecule has 1 aromatic heterocycles. The van der Waals surface area contributed by atoms with Crippen LogP contribution in [0.25, 0.3) is 11.3 Å². The van der Waals surface area contributed by atoms with Crippen molar-refractivity contribution in [2.24, 2.45) is 5.73 Å². The molecular formula is C11H8ClN3O. The summed E-state index contributed by atoms with van der Waals surface area (Å²) in [7, 11) is 0. The van der Waals surface area contributed by atoms with E-state index in [0.717, 1.165) is 5.56 Å². The second-order valence-corrected chi connectivity index (χ2v) is 3.57. The molecule has 5 heteroatoms. The zero-order chi connectivity index (χ0) is 11.5. The number of amides is 1. The van der Waals surface area contributed by atoms with Crippen LogP contribution in [0.15, 0.2) is 36.5 Å². The van der Waals surface area contributed by atoms with Gasteiger partial charge in [-0.2, -0.15) is 0 Å². The summed E-state index contributed by atoms with van der Waals surface area (Å²) in [6, 6.07) is 8.84. The maximum Gasteiger partial charge on any atom is 0.286 e. The minimum absolute atomic E-state index is 0.00690. The molecule has 2 N–H and O–H groups in total. The zero-order valence-electron chi connectivity index (χ0n) is 8.22. The molecule has 4 nitrogen and oxygen atoms in total. The normalized spacial score (nSPS) is 10.1. The second-order valence-electron chi connectivity index (χ2n) is 3.14. The molecule has 0 aliphatic rings. The Morgan fingerprint density at radius 2 is 1.88 bits per heavy atom. The van der Waals surface area contributed by atoms with Crippen molar-refractivity contribution in [2.75, 3.05) is 0 Å². The van der Waals surface area contributed by atoms with Gasteiger partial charge >= 0.3 is 0 Å². The SMILES string of the molecule is NC(=O)c1nccc(-c2ccc(Cl)cc2)n1. The molecule has 0 unspecified atom stereocenters. The smallest absolute Gasteiger partial charge is 0.286 e. The summed E-state index contributed by atoms with van der Waals surface area (Å²) in [5.74, 6) is -0.636. The van der Waals surface area contributed by atoms with Gasteiger partial charge in [-0.15, -0.1) is 0 Å². The molecular weight excluding hydrogens is 226 g/mol. The van der Waals surface area contributed by atoms with Gasteiger partial charge < -0.3 is 5.73 Å². The van der Waals surface area contributed by atoms with Crippen molar-refractivity contribution in [2.45, 2.75) is 0 Å². The number of halogens is 1. The van der Waals surface area contributed by atoms with E-state index in [2.05, 4.69) is 9.97 Å². The number of nitrogens with zero attached hydrogens (tertiary/aromatic N) is 2. The lowest BCUT2D eigenvalue weighted by Crippen LogP contribution is -2.15. The number of aromatic nitrogens is 2. The van der Waals surface area contributed by atoms with E-state index >= 15 is 0 Å². The largest absolute Gasteiger partial charge is 0.363 e. The van der Waals surface area contributed by atoms with Gasteiger partial charge in [-0.3, -0.25) is 4.79 Å². The molecule has 1 amide bonds. The van der Waals surface area contributed by atoms with E-state index in [1.54, 1.807) is 18.2 Å². The van der Waals surface area contributed by atoms with Crippen molar-refractivity contribution in [3.8, 4) is 11.3 Å². The predicted octanol–water partition coefficient (Wildman–Crippen LogP) is 1.90. The molecule has 16 heavy (non-hydrogen) atoms. The highest BCUT2D eigenvalue weighted by atomic mass is 35.5. The van der Waals surface area contributed by atoms with Gasteiger partial charge in [0.25, 0.3) is 5.91 Å². The van der Waals surface area contributed by atoms with Crippen LogP contribution in [0.2, 0.25) is 5.02 Å². The third-order valence-corrected chi connectivity index (χ3v) is 2.27. The van der Waals surface area contributed by atoms with Crippen LogP contribution in [0.3, 0.4) is 0 Å². The van der Waals surface area contributed by atoms with Crippen molar-refractivity contribution in [1.29, 1.82) is 0 Å². The number of nitrogens with two attached hydrogens (primary N) is 1. The number of rotatable bonds is 2. The molecule has 0 aliphatic heterocycles. The van der Waals surface area contributed by atoms with Gasteiger partial charge in [0, 0.05) is 16.8 Å². The van der Waals surface area contributed by atoms with Crippen LogP contribution >= 0.6 is 11.6 Å². The summed E-state index contributed by atoms with van der Waals surface area (Å²) in [6.45, 7) is 0. The highest BCUT2D eigenvalue weighted by Gasteiger charge is 2.06. The summed E-state index contributed by atoms with van der Waals surface area (Å²) in [5.41, 5.74) is 6.59. The second kappa shape index (κ2) is 4.28. The average Bonchev–Trinajstić information content (AvgIpc) is 2.30. The lowest BCUT2D eigenvalue weighted by atomic mass is 10.1. The molecule has 2 rings (SSSR count). The minimum Gasteiger partial charge on any atom is -0.363 e. The summed E-state index contributed by atoms with van der Waals surface area (Å²) >= 11 is 5.77. The van der Waals surface area contributed by atoms with E-state index in [1.807, 2.05) is 12.1 Å². The van der Waals surface area contributed by atoms with Crippen molar-refractivity contribution in [3.05, 3.63) is 47.4 Å². The van der Waals surface area contributed by atoms with Crippen LogP contribution in [0.5, 0.6) is 0 Å². The Morgan fingerprint density at radius 1 is 1.19 bits per heavy atom. The lowest BCUT2D eigenvalue weighted by molar-refractivity contribution is 0.0990. The molecule has 0 bridgehead atoms. The number of primary amides is 1. The van der Waals surface area contributed by atoms with E-state index in [0.29, 0.717) is 10.7 Å². The maximum absolute atomic E-state index is 10.9. The standard InChI is InChI=1S/C11H8ClN3O/c12-8-3-1-7(2-4-8)9-5-6-14-11(15-9)10(13)16/h1-6H,(H2,13,16). The van der Waals surface area contributed by atoms with Crippen molar-refractivity contribution in [1.82, 2.24) is 9.97 Å². The first-order valence-electron chi connectivity index (χ1n) is 4.55. The first-order chi connectivity index (χ1) is 7.66. The molecule has 0 spiro atoms. The van der Waals surface area contributed by atoms with Crippen molar-refractivity contribution >= 4 is 17.5 Å². The van der Waals surface area contributed by atoms with Crippen LogP contribution in [-0.2, 0) is 0 Å². The van der Waals surface area contributed by atoms with E-state index in [4.69, 9.17) is 17.3 Å². The third-order valence-electron chi connectivity index (χ3n) is 2.02. The number of hydrogen-bond donors (Lipinski definition) is 1. The zero-order valence-corrected chi connectivity index (χ0v) is 8.98. The fraction of sp³-hybridized carbons (Fsp3) is 0. The Balaban J connectivity index is 2.44. The molecule has 1 aromatic carbocycles. The maximum atomic E-state index is 10.9. The van der Waals surface area contributed by atoms with E-state index < -0.39 is 5.91 Å². The van der Waals surface area contributed by atoms with Gasteiger partial charge in [0.05, 0.1) is 5.69 Å². The Morgan fingerprint density at radius 3 is 2.50 bits per heavy atom. The number of benzene rings is 1. The van der Waals surface area contributed by atoms with Gasteiger partial charge in [0.2, 0.25) is 5.82 Å². The molecule has 1 heterocycles. The first kappa shape index (κ1) is 10.6. The first-order valence-corrected chi connectivity index (χ1v) is 4.93. The summed E-state index contributed by atoms with van der Waals surface area (Å²) in [5, 5.41) is 0.646. The molecule has 0 saturated carbocycles. The molecule has 80 valence electrons. The minimum atomic E-state index is -0.643. The monoisotopic (exact) mass is 233 g/mol. The third kappa shape index (κ3) is 2.17. The summed E-state index contributed by atoms with van der Waals surface area (Å²) in [4.78, 5) is 18.7. The van der Waals surface area contributed by atoms with Crippen molar-refractivity contribution < 1.29 is 4.79 Å². The number of carbonyl (C=O) groups is 1. The van der Waals surface area contributed by atoms with Gasteiger partial charge in [-0.05, 0) is 18.2 Å². The van der Waals surface area contributed by atoms with Crippen LogP contribution in [-0.4, -0.2) is 15.9 Å². The molecule has 0 saturated heterocycles. The fourth-order valence-corrected chi connectivity index (χ4v) is 1.38. The number of carbonyl (C=O) groups excluding carboxylic acids is 1. The predicted molar refractivity (Wildman–Crippen MR) is 61.0 cm³/mol. The lowest BCUT2D eigenvalue weighted by Gasteiger charge is -2.01. The van der Waals surface area contributed by atoms with E-state index in [9.17, 15) is 4.79 Å².